The fourth-order valence-electron chi connectivity index (χ4n) is 3.45. The Kier molecular flexibility index (Phi) is 5.31. The van der Waals surface area contributed by atoms with Gasteiger partial charge in [-0.15, -0.1) is 0 Å². The molecule has 0 atom stereocenters. The number of para-hydroxylation sites is 1. The first-order valence-electron chi connectivity index (χ1n) is 9.44. The van der Waals surface area contributed by atoms with Crippen molar-refractivity contribution in [3.05, 3.63) is 89.7 Å². The van der Waals surface area contributed by atoms with Gasteiger partial charge in [0.05, 0.1) is 22.8 Å². The highest BCUT2D eigenvalue weighted by molar-refractivity contribution is 7.92. The van der Waals surface area contributed by atoms with E-state index in [1.165, 1.54) is 16.4 Å². The summed E-state index contributed by atoms with van der Waals surface area (Å²) in [7, 11) is -3.76. The van der Waals surface area contributed by atoms with Crippen LogP contribution < -0.4 is 9.62 Å². The van der Waals surface area contributed by atoms with Crippen LogP contribution in [0.4, 0.5) is 5.69 Å². The molecule has 1 amide bonds. The average Bonchev–Trinajstić information content (AvgIpc) is 2.78. The van der Waals surface area contributed by atoms with E-state index >= 15 is 0 Å². The van der Waals surface area contributed by atoms with Gasteiger partial charge in [-0.1, -0.05) is 30.3 Å². The summed E-state index contributed by atoms with van der Waals surface area (Å²) in [6, 6.07) is 19.2. The van der Waals surface area contributed by atoms with Crippen molar-refractivity contribution in [2.45, 2.75) is 24.3 Å². The third-order valence-electron chi connectivity index (χ3n) is 4.91. The van der Waals surface area contributed by atoms with E-state index in [4.69, 9.17) is 0 Å². The lowest BCUT2D eigenvalue weighted by molar-refractivity contribution is 0.0950. The smallest absolute Gasteiger partial charge is 0.264 e. The van der Waals surface area contributed by atoms with Crippen molar-refractivity contribution < 1.29 is 13.2 Å². The van der Waals surface area contributed by atoms with E-state index in [1.807, 2.05) is 36.4 Å². The van der Waals surface area contributed by atoms with Gasteiger partial charge in [0, 0.05) is 18.3 Å². The van der Waals surface area contributed by atoms with Crippen LogP contribution >= 0.6 is 0 Å². The fraction of sp³-hybridized carbons (Fsp3) is 0.182. The molecule has 7 heteroatoms. The molecule has 4 rings (SSSR count). The molecule has 29 heavy (non-hydrogen) atoms. The zero-order valence-electron chi connectivity index (χ0n) is 15.8. The quantitative estimate of drug-likeness (QED) is 0.705. The second-order valence-corrected chi connectivity index (χ2v) is 8.70. The molecule has 0 spiro atoms. The lowest BCUT2D eigenvalue weighted by Gasteiger charge is -2.30. The van der Waals surface area contributed by atoms with E-state index in [0.717, 1.165) is 24.1 Å². The van der Waals surface area contributed by atoms with Gasteiger partial charge < -0.3 is 5.32 Å². The molecular formula is C22H21N3O3S. The number of hydrogen-bond acceptors (Lipinski definition) is 4. The standard InChI is InChI=1S/C22H21N3O3S/c26-22(24-16-19-10-3-4-13-23-19)18-8-5-11-20(15-18)29(27,28)25-14-6-9-17-7-1-2-12-21(17)25/h1-5,7-8,10-13,15H,6,9,14,16H2,(H,24,26). The van der Waals surface area contributed by atoms with Crippen LogP contribution in [0.1, 0.15) is 28.0 Å². The van der Waals surface area contributed by atoms with Crippen LogP contribution in [-0.4, -0.2) is 25.9 Å². The Morgan fingerprint density at radius 3 is 2.69 bits per heavy atom. The zero-order chi connectivity index (χ0) is 20.3. The van der Waals surface area contributed by atoms with Crippen molar-refractivity contribution >= 4 is 21.6 Å². The van der Waals surface area contributed by atoms with E-state index in [1.54, 1.807) is 24.4 Å². The van der Waals surface area contributed by atoms with Gasteiger partial charge in [-0.3, -0.25) is 14.1 Å². The van der Waals surface area contributed by atoms with E-state index in [-0.39, 0.29) is 17.3 Å². The van der Waals surface area contributed by atoms with Gasteiger partial charge in [-0.25, -0.2) is 8.42 Å². The normalized spacial score (nSPS) is 13.6. The van der Waals surface area contributed by atoms with Gasteiger partial charge in [0.25, 0.3) is 15.9 Å². The molecule has 148 valence electrons. The summed E-state index contributed by atoms with van der Waals surface area (Å²) in [5, 5.41) is 2.78. The number of rotatable bonds is 5. The second kappa shape index (κ2) is 8.05. The van der Waals surface area contributed by atoms with Gasteiger partial charge in [0.15, 0.2) is 0 Å². The van der Waals surface area contributed by atoms with E-state index in [9.17, 15) is 13.2 Å². The Labute approximate surface area is 170 Å². The number of aryl methyl sites for hydroxylation is 1. The zero-order valence-corrected chi connectivity index (χ0v) is 16.6. The van der Waals surface area contributed by atoms with Crippen LogP contribution in [0.2, 0.25) is 0 Å². The lowest BCUT2D eigenvalue weighted by Crippen LogP contribution is -2.35. The minimum atomic E-state index is -3.76. The minimum absolute atomic E-state index is 0.111. The number of nitrogens with one attached hydrogen (secondary N) is 1. The van der Waals surface area contributed by atoms with Crippen LogP contribution in [-0.2, 0) is 23.0 Å². The molecule has 3 aromatic rings. The molecule has 1 aliphatic rings. The Bertz CT molecular complexity index is 1130. The SMILES string of the molecule is O=C(NCc1ccccn1)c1cccc(S(=O)(=O)N2CCCc3ccccc32)c1. The fourth-order valence-corrected chi connectivity index (χ4v) is 5.04. The number of carbonyl (C=O) groups excluding carboxylic acids is 1. The van der Waals surface area contributed by atoms with Crippen molar-refractivity contribution in [1.29, 1.82) is 0 Å². The average molecular weight is 407 g/mol. The summed E-state index contributed by atoms with van der Waals surface area (Å²) in [5.74, 6) is -0.341. The molecular weight excluding hydrogens is 386 g/mol. The van der Waals surface area contributed by atoms with Crippen LogP contribution in [0.15, 0.2) is 77.8 Å². The molecule has 0 saturated carbocycles. The van der Waals surface area contributed by atoms with Crippen molar-refractivity contribution in [3.63, 3.8) is 0 Å². The summed E-state index contributed by atoms with van der Waals surface area (Å²) >= 11 is 0. The number of amides is 1. The number of hydrogen-bond donors (Lipinski definition) is 1. The van der Waals surface area contributed by atoms with Crippen molar-refractivity contribution in [2.24, 2.45) is 0 Å². The number of anilines is 1. The first kappa shape index (κ1) is 19.1. The van der Waals surface area contributed by atoms with Crippen molar-refractivity contribution in [3.8, 4) is 0 Å². The maximum Gasteiger partial charge on any atom is 0.264 e. The number of pyridine rings is 1. The number of fused-ring (bicyclic) bond motifs is 1. The van der Waals surface area contributed by atoms with Gasteiger partial charge in [-0.05, 0) is 54.8 Å². The first-order valence-corrected chi connectivity index (χ1v) is 10.9. The summed E-state index contributed by atoms with van der Waals surface area (Å²) < 4.78 is 28.0. The number of aromatic nitrogens is 1. The summed E-state index contributed by atoms with van der Waals surface area (Å²) in [6.07, 6.45) is 3.28. The monoisotopic (exact) mass is 407 g/mol. The van der Waals surface area contributed by atoms with Gasteiger partial charge in [0.2, 0.25) is 0 Å². The Morgan fingerprint density at radius 1 is 1.03 bits per heavy atom. The molecule has 2 aromatic carbocycles. The number of sulfonamides is 1. The Balaban J connectivity index is 1.57. The van der Waals surface area contributed by atoms with Gasteiger partial charge in [0.1, 0.15) is 0 Å². The largest absolute Gasteiger partial charge is 0.346 e. The molecule has 0 aliphatic carbocycles. The molecule has 1 N–H and O–H groups in total. The number of carbonyl (C=O) groups is 1. The molecule has 0 unspecified atom stereocenters. The Morgan fingerprint density at radius 2 is 1.86 bits per heavy atom. The number of benzene rings is 2. The third-order valence-corrected chi connectivity index (χ3v) is 6.72. The maximum atomic E-state index is 13.3. The molecule has 0 radical (unpaired) electrons. The number of nitrogens with zero attached hydrogens (tertiary/aromatic N) is 2. The molecule has 2 heterocycles. The van der Waals surface area contributed by atoms with Crippen molar-refractivity contribution in [1.82, 2.24) is 10.3 Å². The van der Waals surface area contributed by atoms with Crippen LogP contribution in [0.25, 0.3) is 0 Å². The van der Waals surface area contributed by atoms with Crippen LogP contribution in [0.3, 0.4) is 0 Å². The second-order valence-electron chi connectivity index (χ2n) is 6.84. The van der Waals surface area contributed by atoms with Gasteiger partial charge >= 0.3 is 0 Å². The molecule has 0 bridgehead atoms. The van der Waals surface area contributed by atoms with Crippen molar-refractivity contribution in [2.75, 3.05) is 10.8 Å². The maximum absolute atomic E-state index is 13.3. The predicted octanol–water partition coefficient (Wildman–Crippen LogP) is 3.15. The lowest BCUT2D eigenvalue weighted by atomic mass is 10.0. The summed E-state index contributed by atoms with van der Waals surface area (Å²) in [4.78, 5) is 16.8. The Hall–Kier alpha value is -3.19. The van der Waals surface area contributed by atoms with Crippen LogP contribution in [0.5, 0.6) is 0 Å². The minimum Gasteiger partial charge on any atom is -0.346 e. The summed E-state index contributed by atoms with van der Waals surface area (Å²) in [6.45, 7) is 0.700. The predicted molar refractivity (Wildman–Crippen MR) is 111 cm³/mol. The van der Waals surface area contributed by atoms with E-state index in [0.29, 0.717) is 17.8 Å². The molecule has 0 saturated heterocycles. The molecule has 1 aromatic heterocycles. The topological polar surface area (TPSA) is 79.4 Å². The molecule has 0 fully saturated rings. The molecule has 6 nitrogen and oxygen atoms in total. The molecule has 1 aliphatic heterocycles. The van der Waals surface area contributed by atoms with Crippen LogP contribution in [0, 0.1) is 0 Å². The highest BCUT2D eigenvalue weighted by Gasteiger charge is 2.29. The highest BCUT2D eigenvalue weighted by atomic mass is 32.2. The van der Waals surface area contributed by atoms with Gasteiger partial charge in [-0.2, -0.15) is 0 Å². The highest BCUT2D eigenvalue weighted by Crippen LogP contribution is 2.31. The third kappa shape index (κ3) is 4.00. The van der Waals surface area contributed by atoms with E-state index < -0.39 is 10.0 Å². The first-order chi connectivity index (χ1) is 14.1. The van der Waals surface area contributed by atoms with E-state index in [2.05, 4.69) is 10.3 Å². The summed E-state index contributed by atoms with van der Waals surface area (Å²) in [5.41, 5.74) is 2.76.